The summed E-state index contributed by atoms with van der Waals surface area (Å²) < 4.78 is 5.05. The minimum absolute atomic E-state index is 0.175. The smallest absolute Gasteiger partial charge is 0.236 e. The predicted molar refractivity (Wildman–Crippen MR) is 55.1 cm³/mol. The molecule has 1 aliphatic rings. The van der Waals surface area contributed by atoms with Gasteiger partial charge in [0, 0.05) is 13.1 Å². The normalized spacial score (nSPS) is 17.3. The second kappa shape index (κ2) is 4.75. The summed E-state index contributed by atoms with van der Waals surface area (Å²) in [5, 5.41) is 0. The van der Waals surface area contributed by atoms with Crippen LogP contribution < -0.4 is 0 Å². The van der Waals surface area contributed by atoms with Crippen LogP contribution in [0, 0.1) is 0 Å². The molecule has 1 amide bonds. The summed E-state index contributed by atoms with van der Waals surface area (Å²) >= 11 is 0. The van der Waals surface area contributed by atoms with E-state index in [0.717, 1.165) is 0 Å². The molecule has 1 saturated heterocycles. The Balaban J connectivity index is 2.33. The molecule has 0 spiro atoms. The lowest BCUT2D eigenvalue weighted by Crippen LogP contribution is -2.52. The molecule has 0 radical (unpaired) electrons. The highest BCUT2D eigenvalue weighted by Crippen LogP contribution is 2.08. The number of rotatable bonds is 4. The van der Waals surface area contributed by atoms with E-state index in [2.05, 4.69) is 13.8 Å². The van der Waals surface area contributed by atoms with Crippen molar-refractivity contribution >= 4 is 5.91 Å². The molecule has 0 N–H and O–H groups in total. The zero-order valence-electron chi connectivity index (χ0n) is 9.49. The summed E-state index contributed by atoms with van der Waals surface area (Å²) in [7, 11) is 3.82. The Kier molecular flexibility index (Phi) is 3.89. The molecular weight excluding hydrogens is 180 g/mol. The number of carbonyl (C=O) groups is 1. The summed E-state index contributed by atoms with van der Waals surface area (Å²) in [5.74, 6) is 0.175. The molecule has 0 aromatic rings. The van der Waals surface area contributed by atoms with Gasteiger partial charge >= 0.3 is 0 Å². The Labute approximate surface area is 85.8 Å². The van der Waals surface area contributed by atoms with E-state index in [0.29, 0.717) is 31.8 Å². The molecule has 0 unspecified atom stereocenters. The standard InChI is InChI=1S/C10H20N2O2/c1-8(2)11(3)5-10(13)12(4)9-6-14-7-9/h8-9H,5-7H2,1-4H3. The van der Waals surface area contributed by atoms with Gasteiger partial charge in [-0.05, 0) is 20.9 Å². The number of hydrogen-bond donors (Lipinski definition) is 0. The molecule has 1 heterocycles. The number of amides is 1. The van der Waals surface area contributed by atoms with Gasteiger partial charge in [-0.25, -0.2) is 0 Å². The van der Waals surface area contributed by atoms with Gasteiger partial charge in [0.15, 0.2) is 0 Å². The molecule has 0 aromatic carbocycles. The fraction of sp³-hybridized carbons (Fsp3) is 0.900. The molecule has 4 nitrogen and oxygen atoms in total. The van der Waals surface area contributed by atoms with Gasteiger partial charge in [-0.2, -0.15) is 0 Å². The van der Waals surface area contributed by atoms with E-state index in [1.54, 1.807) is 4.90 Å². The van der Waals surface area contributed by atoms with Crippen LogP contribution in [0.1, 0.15) is 13.8 Å². The van der Waals surface area contributed by atoms with Crippen LogP contribution in [0.15, 0.2) is 0 Å². The highest BCUT2D eigenvalue weighted by Gasteiger charge is 2.27. The molecule has 0 saturated carbocycles. The molecule has 1 rings (SSSR count). The topological polar surface area (TPSA) is 32.8 Å². The molecule has 0 bridgehead atoms. The molecule has 0 atom stereocenters. The first kappa shape index (κ1) is 11.5. The van der Waals surface area contributed by atoms with Crippen LogP contribution in [0.5, 0.6) is 0 Å². The van der Waals surface area contributed by atoms with E-state index in [4.69, 9.17) is 4.74 Å². The summed E-state index contributed by atoms with van der Waals surface area (Å²) in [5.41, 5.74) is 0. The van der Waals surface area contributed by atoms with Crippen LogP contribution in [-0.2, 0) is 9.53 Å². The van der Waals surface area contributed by atoms with Crippen LogP contribution >= 0.6 is 0 Å². The van der Waals surface area contributed by atoms with Gasteiger partial charge in [0.2, 0.25) is 5.91 Å². The maximum Gasteiger partial charge on any atom is 0.236 e. The number of nitrogens with zero attached hydrogens (tertiary/aromatic N) is 2. The van der Waals surface area contributed by atoms with Crippen LogP contribution in [-0.4, -0.2) is 61.6 Å². The highest BCUT2D eigenvalue weighted by atomic mass is 16.5. The molecule has 14 heavy (non-hydrogen) atoms. The molecule has 1 aliphatic heterocycles. The van der Waals surface area contributed by atoms with E-state index in [9.17, 15) is 4.79 Å². The SMILES string of the molecule is CC(C)N(C)CC(=O)N(C)C1COC1. The van der Waals surface area contributed by atoms with E-state index in [-0.39, 0.29) is 5.91 Å². The lowest BCUT2D eigenvalue weighted by Gasteiger charge is -2.35. The zero-order chi connectivity index (χ0) is 10.7. The first-order valence-electron chi connectivity index (χ1n) is 5.06. The second-order valence-corrected chi connectivity index (χ2v) is 4.20. The average Bonchev–Trinajstić information content (AvgIpc) is 2.00. The Bertz CT molecular complexity index is 202. The van der Waals surface area contributed by atoms with E-state index < -0.39 is 0 Å². The fourth-order valence-corrected chi connectivity index (χ4v) is 1.16. The van der Waals surface area contributed by atoms with Crippen LogP contribution in [0.4, 0.5) is 0 Å². The third-order valence-electron chi connectivity index (χ3n) is 2.83. The lowest BCUT2D eigenvalue weighted by atomic mass is 10.2. The molecular formula is C10H20N2O2. The predicted octanol–water partition coefficient (Wildman–Crippen LogP) is 0.184. The summed E-state index contributed by atoms with van der Waals surface area (Å²) in [6, 6.07) is 0.702. The highest BCUT2D eigenvalue weighted by molar-refractivity contribution is 5.78. The van der Waals surface area contributed by atoms with Gasteiger partial charge in [-0.3, -0.25) is 9.69 Å². The third kappa shape index (κ3) is 2.69. The molecule has 0 aromatic heterocycles. The van der Waals surface area contributed by atoms with Gasteiger partial charge in [-0.1, -0.05) is 0 Å². The van der Waals surface area contributed by atoms with Crippen LogP contribution in [0.2, 0.25) is 0 Å². The number of ether oxygens (including phenoxy) is 1. The maximum absolute atomic E-state index is 11.7. The van der Waals surface area contributed by atoms with Crippen LogP contribution in [0.3, 0.4) is 0 Å². The number of hydrogen-bond acceptors (Lipinski definition) is 3. The third-order valence-corrected chi connectivity index (χ3v) is 2.83. The first-order valence-corrected chi connectivity index (χ1v) is 5.06. The van der Waals surface area contributed by atoms with Gasteiger partial charge < -0.3 is 9.64 Å². The number of carbonyl (C=O) groups excluding carboxylic acids is 1. The Morgan fingerprint density at radius 3 is 2.36 bits per heavy atom. The van der Waals surface area contributed by atoms with Crippen molar-refractivity contribution in [2.24, 2.45) is 0 Å². The van der Waals surface area contributed by atoms with E-state index in [1.807, 2.05) is 19.0 Å². The zero-order valence-corrected chi connectivity index (χ0v) is 9.49. The van der Waals surface area contributed by atoms with Gasteiger partial charge in [0.05, 0.1) is 25.8 Å². The summed E-state index contributed by atoms with van der Waals surface area (Å²) in [6.07, 6.45) is 0. The van der Waals surface area contributed by atoms with Crippen molar-refractivity contribution in [3.05, 3.63) is 0 Å². The van der Waals surface area contributed by atoms with E-state index in [1.165, 1.54) is 0 Å². The van der Waals surface area contributed by atoms with Gasteiger partial charge in [0.25, 0.3) is 0 Å². The Hall–Kier alpha value is -0.610. The van der Waals surface area contributed by atoms with Crippen molar-refractivity contribution in [3.8, 4) is 0 Å². The lowest BCUT2D eigenvalue weighted by molar-refractivity contribution is -0.142. The minimum Gasteiger partial charge on any atom is -0.377 e. The Morgan fingerprint density at radius 2 is 2.00 bits per heavy atom. The monoisotopic (exact) mass is 200 g/mol. The maximum atomic E-state index is 11.7. The summed E-state index contributed by atoms with van der Waals surface area (Å²) in [6.45, 7) is 6.03. The fourth-order valence-electron chi connectivity index (χ4n) is 1.16. The molecule has 0 aliphatic carbocycles. The first-order chi connectivity index (χ1) is 6.52. The largest absolute Gasteiger partial charge is 0.377 e. The summed E-state index contributed by atoms with van der Waals surface area (Å²) in [4.78, 5) is 15.6. The second-order valence-electron chi connectivity index (χ2n) is 4.20. The molecule has 82 valence electrons. The van der Waals surface area contributed by atoms with Crippen LogP contribution in [0.25, 0.3) is 0 Å². The van der Waals surface area contributed by atoms with Crippen molar-refractivity contribution in [3.63, 3.8) is 0 Å². The van der Waals surface area contributed by atoms with Crippen molar-refractivity contribution in [2.45, 2.75) is 25.9 Å². The van der Waals surface area contributed by atoms with Crippen molar-refractivity contribution in [2.75, 3.05) is 33.9 Å². The average molecular weight is 200 g/mol. The van der Waals surface area contributed by atoms with Crippen molar-refractivity contribution < 1.29 is 9.53 Å². The van der Waals surface area contributed by atoms with Crippen molar-refractivity contribution in [1.82, 2.24) is 9.80 Å². The molecule has 1 fully saturated rings. The van der Waals surface area contributed by atoms with Gasteiger partial charge in [0.1, 0.15) is 0 Å². The Morgan fingerprint density at radius 1 is 1.43 bits per heavy atom. The molecule has 4 heteroatoms. The van der Waals surface area contributed by atoms with Crippen molar-refractivity contribution in [1.29, 1.82) is 0 Å². The number of likely N-dealkylation sites (N-methyl/N-ethyl adjacent to an activating group) is 2. The minimum atomic E-state index is 0.175. The van der Waals surface area contributed by atoms with E-state index >= 15 is 0 Å². The van der Waals surface area contributed by atoms with Gasteiger partial charge in [-0.15, -0.1) is 0 Å². The quantitative estimate of drug-likeness (QED) is 0.649.